The number of hydrogen-bond acceptors (Lipinski definition) is 1. The van der Waals surface area contributed by atoms with Crippen LogP contribution in [-0.4, -0.2) is 0 Å². The highest BCUT2D eigenvalue weighted by atomic mass is 16.5. The summed E-state index contributed by atoms with van der Waals surface area (Å²) in [7, 11) is 0. The van der Waals surface area contributed by atoms with Crippen molar-refractivity contribution in [1.82, 2.24) is 0 Å². The van der Waals surface area contributed by atoms with E-state index in [1.54, 1.807) is 0 Å². The molecule has 0 N–H and O–H groups in total. The van der Waals surface area contributed by atoms with E-state index in [2.05, 4.69) is 73.7 Å². The Kier molecular flexibility index (Phi) is 5.42. The lowest BCUT2D eigenvalue weighted by Gasteiger charge is -2.14. The van der Waals surface area contributed by atoms with Crippen molar-refractivity contribution in [2.45, 2.75) is 45.1 Å². The second-order valence-electron chi connectivity index (χ2n) is 6.12. The molecule has 118 valence electrons. The molecular weight excluding hydrogens is 280 g/mol. The van der Waals surface area contributed by atoms with Crippen LogP contribution in [0.15, 0.2) is 72.5 Å². The average Bonchev–Trinajstić information content (AvgIpc) is 2.89. The molecule has 1 nitrogen and oxygen atoms in total. The maximum atomic E-state index is 6.24. The largest absolute Gasteiger partial charge is 0.482 e. The Hall–Kier alpha value is -2.15. The first-order chi connectivity index (χ1) is 11.4. The fraction of sp³-hybridized carbons (Fsp3) is 0.318. The van der Waals surface area contributed by atoms with Crippen molar-refractivity contribution in [3.8, 4) is 11.1 Å². The lowest BCUT2D eigenvalue weighted by Crippen LogP contribution is -2.00. The summed E-state index contributed by atoms with van der Waals surface area (Å²) in [5, 5.41) is 0. The van der Waals surface area contributed by atoms with Crippen molar-refractivity contribution in [2.24, 2.45) is 0 Å². The normalized spacial score (nSPS) is 16.7. The second-order valence-corrected chi connectivity index (χ2v) is 6.12. The van der Waals surface area contributed by atoms with Crippen LogP contribution in [0, 0.1) is 0 Å². The predicted octanol–water partition coefficient (Wildman–Crippen LogP) is 6.56. The maximum Gasteiger partial charge on any atom is 0.153 e. The van der Waals surface area contributed by atoms with Crippen molar-refractivity contribution in [3.05, 3.63) is 78.1 Å². The molecule has 0 amide bonds. The highest BCUT2D eigenvalue weighted by molar-refractivity contribution is 5.67. The minimum atomic E-state index is 0.160. The molecule has 1 aliphatic rings. The van der Waals surface area contributed by atoms with E-state index in [-0.39, 0.29) is 6.10 Å². The molecule has 0 saturated heterocycles. The van der Waals surface area contributed by atoms with Crippen LogP contribution in [0.2, 0.25) is 0 Å². The number of ether oxygens (including phenoxy) is 1. The molecule has 0 bridgehead atoms. The van der Waals surface area contributed by atoms with Crippen LogP contribution in [0.4, 0.5) is 0 Å². The summed E-state index contributed by atoms with van der Waals surface area (Å²) in [6.07, 6.45) is 8.26. The molecule has 0 spiro atoms. The molecule has 2 aromatic carbocycles. The van der Waals surface area contributed by atoms with Crippen molar-refractivity contribution in [1.29, 1.82) is 0 Å². The fourth-order valence-corrected chi connectivity index (χ4v) is 3.14. The van der Waals surface area contributed by atoms with E-state index in [4.69, 9.17) is 4.74 Å². The van der Waals surface area contributed by atoms with E-state index in [1.165, 1.54) is 41.7 Å². The SMILES string of the molecule is CCCCCC1=CCC(c2ccccc2-[c+]2cccccc2)O1. The summed E-state index contributed by atoms with van der Waals surface area (Å²) in [5.41, 5.74) is 3.81. The van der Waals surface area contributed by atoms with E-state index < -0.39 is 0 Å². The standard InChI is InChI=1S/C22H25O/c1-2-3-6-13-19-16-17-22(23-19)21-15-10-9-14-20(21)18-11-7-4-5-8-12-18/h4-5,7-12,14-16,22H,2-3,6,13,17H2,1H3/q+1. The van der Waals surface area contributed by atoms with Crippen LogP contribution in [0.5, 0.6) is 0 Å². The Balaban J connectivity index is 1.78. The predicted molar refractivity (Wildman–Crippen MR) is 97.0 cm³/mol. The Morgan fingerprint density at radius 1 is 1.00 bits per heavy atom. The summed E-state index contributed by atoms with van der Waals surface area (Å²) < 4.78 is 6.24. The van der Waals surface area contributed by atoms with Crippen LogP contribution >= 0.6 is 0 Å². The van der Waals surface area contributed by atoms with E-state index >= 15 is 0 Å². The molecule has 0 radical (unpaired) electrons. The first-order valence-electron chi connectivity index (χ1n) is 8.72. The van der Waals surface area contributed by atoms with E-state index in [1.807, 2.05) is 0 Å². The summed E-state index contributed by atoms with van der Waals surface area (Å²) in [5.74, 6) is 1.18. The molecule has 0 saturated carbocycles. The molecule has 1 atom stereocenters. The molecule has 1 heteroatoms. The van der Waals surface area contributed by atoms with Gasteiger partial charge in [-0.05, 0) is 55.0 Å². The van der Waals surface area contributed by atoms with Crippen molar-refractivity contribution < 1.29 is 4.74 Å². The Bertz CT molecular complexity index is 659. The Morgan fingerprint density at radius 2 is 1.78 bits per heavy atom. The van der Waals surface area contributed by atoms with Gasteiger partial charge in [-0.1, -0.05) is 19.8 Å². The number of hydrogen-bond donors (Lipinski definition) is 0. The minimum absolute atomic E-state index is 0.160. The molecule has 3 rings (SSSR count). The Labute approximate surface area is 139 Å². The third-order valence-corrected chi connectivity index (χ3v) is 4.38. The zero-order chi connectivity index (χ0) is 15.9. The number of rotatable bonds is 6. The lowest BCUT2D eigenvalue weighted by molar-refractivity contribution is 0.138. The highest BCUT2D eigenvalue weighted by Crippen LogP contribution is 2.37. The van der Waals surface area contributed by atoms with E-state index in [0.717, 1.165) is 12.8 Å². The van der Waals surface area contributed by atoms with E-state index in [9.17, 15) is 0 Å². The van der Waals surface area contributed by atoms with Crippen LogP contribution in [0.25, 0.3) is 11.1 Å². The maximum absolute atomic E-state index is 6.24. The van der Waals surface area contributed by atoms with Crippen LogP contribution < -0.4 is 0 Å². The van der Waals surface area contributed by atoms with Crippen molar-refractivity contribution >= 4 is 0 Å². The number of benzene rings is 1. The van der Waals surface area contributed by atoms with E-state index in [0.29, 0.717) is 0 Å². The van der Waals surface area contributed by atoms with Gasteiger partial charge in [-0.3, -0.25) is 0 Å². The summed E-state index contributed by atoms with van der Waals surface area (Å²) in [6, 6.07) is 21.3. The molecule has 2 aromatic rings. The van der Waals surface area contributed by atoms with Crippen LogP contribution in [0.3, 0.4) is 0 Å². The molecule has 23 heavy (non-hydrogen) atoms. The Morgan fingerprint density at radius 3 is 2.57 bits per heavy atom. The first kappa shape index (κ1) is 15.7. The van der Waals surface area contributed by atoms with Crippen molar-refractivity contribution in [2.75, 3.05) is 0 Å². The van der Waals surface area contributed by atoms with Gasteiger partial charge in [0.15, 0.2) is 6.10 Å². The summed E-state index contributed by atoms with van der Waals surface area (Å²) in [4.78, 5) is 0. The average molecular weight is 305 g/mol. The zero-order valence-electron chi connectivity index (χ0n) is 13.9. The van der Waals surface area contributed by atoms with Crippen molar-refractivity contribution in [3.63, 3.8) is 0 Å². The van der Waals surface area contributed by atoms with Gasteiger partial charge < -0.3 is 4.74 Å². The number of allylic oxidation sites excluding steroid dienone is 1. The minimum Gasteiger partial charge on any atom is -0.482 e. The zero-order valence-corrected chi connectivity index (χ0v) is 13.9. The van der Waals surface area contributed by atoms with Gasteiger partial charge in [-0.15, -0.1) is 0 Å². The summed E-state index contributed by atoms with van der Waals surface area (Å²) >= 11 is 0. The van der Waals surface area contributed by atoms with Gasteiger partial charge in [0.05, 0.1) is 22.4 Å². The second kappa shape index (κ2) is 7.92. The quantitative estimate of drug-likeness (QED) is 0.434. The van der Waals surface area contributed by atoms with Gasteiger partial charge >= 0.3 is 0 Å². The molecule has 0 fully saturated rings. The fourth-order valence-electron chi connectivity index (χ4n) is 3.14. The van der Waals surface area contributed by atoms with Crippen LogP contribution in [-0.2, 0) is 4.74 Å². The smallest absolute Gasteiger partial charge is 0.153 e. The van der Waals surface area contributed by atoms with Gasteiger partial charge in [0.2, 0.25) is 0 Å². The van der Waals surface area contributed by atoms with Gasteiger partial charge in [-0.25, -0.2) is 0 Å². The summed E-state index contributed by atoms with van der Waals surface area (Å²) in [6.45, 7) is 2.24. The van der Waals surface area contributed by atoms with Crippen LogP contribution in [0.1, 0.15) is 50.7 Å². The van der Waals surface area contributed by atoms with Gasteiger partial charge in [0.25, 0.3) is 0 Å². The number of unbranched alkanes of at least 4 members (excludes halogenated alkanes) is 2. The first-order valence-corrected chi connectivity index (χ1v) is 8.72. The molecule has 0 aliphatic carbocycles. The molecular formula is C22H25O+. The third kappa shape index (κ3) is 3.98. The van der Waals surface area contributed by atoms with Gasteiger partial charge in [-0.2, -0.15) is 0 Å². The third-order valence-electron chi connectivity index (χ3n) is 4.38. The van der Waals surface area contributed by atoms with Gasteiger partial charge in [0.1, 0.15) is 0 Å². The van der Waals surface area contributed by atoms with Gasteiger partial charge in [0, 0.05) is 31.0 Å². The molecule has 1 heterocycles. The lowest BCUT2D eigenvalue weighted by atomic mass is 9.96. The molecule has 1 aliphatic heterocycles. The molecule has 1 unspecified atom stereocenters. The topological polar surface area (TPSA) is 9.23 Å². The monoisotopic (exact) mass is 305 g/mol. The molecule has 0 aromatic heterocycles. The highest BCUT2D eigenvalue weighted by Gasteiger charge is 2.25.